The Labute approximate surface area is 204 Å². The number of likely N-dealkylation sites (tertiary alicyclic amines) is 1. The predicted octanol–water partition coefficient (Wildman–Crippen LogP) is 3.02. The molecule has 0 N–H and O–H groups in total. The molecule has 2 aliphatic heterocycles. The van der Waals surface area contributed by atoms with Crippen molar-refractivity contribution in [1.29, 1.82) is 0 Å². The number of ether oxygens (including phenoxy) is 1. The van der Waals surface area contributed by atoms with Crippen LogP contribution in [0.25, 0.3) is 11.4 Å². The number of carbonyl (C=O) groups is 1. The lowest BCUT2D eigenvalue weighted by molar-refractivity contribution is -0.137. The van der Waals surface area contributed by atoms with Crippen LogP contribution in [0.3, 0.4) is 0 Å². The molecule has 0 spiro atoms. The normalized spacial score (nSPS) is 17.7. The van der Waals surface area contributed by atoms with Crippen LogP contribution in [0.2, 0.25) is 0 Å². The van der Waals surface area contributed by atoms with Gasteiger partial charge in [-0.05, 0) is 36.4 Å². The maximum atomic E-state index is 13.0. The Morgan fingerprint density at radius 2 is 1.72 bits per heavy atom. The largest absolute Gasteiger partial charge is 0.416 e. The Balaban J connectivity index is 1.21. The first-order valence-electron chi connectivity index (χ1n) is 11.1. The number of amides is 1. The van der Waals surface area contributed by atoms with Gasteiger partial charge in [-0.25, -0.2) is 8.42 Å². The minimum Gasteiger partial charge on any atom is -0.379 e. The molecule has 2 aliphatic rings. The highest BCUT2D eigenvalue weighted by Gasteiger charge is 2.37. The van der Waals surface area contributed by atoms with Crippen molar-refractivity contribution in [2.24, 2.45) is 0 Å². The van der Waals surface area contributed by atoms with Crippen LogP contribution in [0.15, 0.2) is 57.9 Å². The molecule has 1 amide bonds. The van der Waals surface area contributed by atoms with Crippen molar-refractivity contribution in [2.75, 3.05) is 39.4 Å². The van der Waals surface area contributed by atoms with Gasteiger partial charge in [-0.2, -0.15) is 22.5 Å². The molecule has 9 nitrogen and oxygen atoms in total. The highest BCUT2D eigenvalue weighted by molar-refractivity contribution is 7.89. The van der Waals surface area contributed by atoms with Gasteiger partial charge in [0.05, 0.1) is 29.6 Å². The quantitative estimate of drug-likeness (QED) is 0.507. The Hall–Kier alpha value is -3.29. The number of sulfonamides is 1. The summed E-state index contributed by atoms with van der Waals surface area (Å²) in [6.45, 7) is 1.82. The number of alkyl halides is 3. The van der Waals surface area contributed by atoms with Crippen molar-refractivity contribution in [3.63, 3.8) is 0 Å². The standard InChI is InChI=1S/C23H21F3N4O5S/c24-23(25,26)18-3-1-2-16(12-18)20-27-21(35-28-20)17-13-29(14-17)22(31)15-4-6-19(7-5-15)36(32,33)30-8-10-34-11-9-30/h1-7,12,17H,8-11,13-14H2. The highest BCUT2D eigenvalue weighted by Crippen LogP contribution is 2.33. The minimum absolute atomic E-state index is 0.0398. The summed E-state index contributed by atoms with van der Waals surface area (Å²) in [5.41, 5.74) is -0.292. The van der Waals surface area contributed by atoms with E-state index in [0.29, 0.717) is 18.8 Å². The van der Waals surface area contributed by atoms with Crippen LogP contribution in [0, 0.1) is 0 Å². The molecule has 0 bridgehead atoms. The van der Waals surface area contributed by atoms with E-state index in [1.807, 2.05) is 0 Å². The van der Waals surface area contributed by atoms with Crippen LogP contribution in [0.4, 0.5) is 13.2 Å². The van der Waals surface area contributed by atoms with Crippen LogP contribution >= 0.6 is 0 Å². The van der Waals surface area contributed by atoms with Gasteiger partial charge in [0.1, 0.15) is 0 Å². The molecule has 0 radical (unpaired) electrons. The van der Waals surface area contributed by atoms with Gasteiger partial charge in [0.15, 0.2) is 0 Å². The molecule has 0 atom stereocenters. The van der Waals surface area contributed by atoms with E-state index in [1.54, 1.807) is 4.90 Å². The summed E-state index contributed by atoms with van der Waals surface area (Å²) >= 11 is 0. The van der Waals surface area contributed by atoms with Crippen molar-refractivity contribution in [3.05, 3.63) is 65.5 Å². The smallest absolute Gasteiger partial charge is 0.379 e. The second-order valence-electron chi connectivity index (χ2n) is 8.48. The van der Waals surface area contributed by atoms with Crippen LogP contribution in [0.1, 0.15) is 27.7 Å². The molecule has 190 valence electrons. The van der Waals surface area contributed by atoms with Crippen molar-refractivity contribution in [1.82, 2.24) is 19.3 Å². The maximum Gasteiger partial charge on any atom is 0.416 e. The topological polar surface area (TPSA) is 106 Å². The van der Waals surface area contributed by atoms with E-state index < -0.39 is 21.8 Å². The second kappa shape index (κ2) is 9.30. The number of hydrogen-bond acceptors (Lipinski definition) is 7. The number of rotatable bonds is 5. The number of morpholine rings is 1. The lowest BCUT2D eigenvalue weighted by Crippen LogP contribution is -2.48. The van der Waals surface area contributed by atoms with Gasteiger partial charge in [0.2, 0.25) is 21.7 Å². The number of benzene rings is 2. The molecule has 0 aliphatic carbocycles. The molecule has 36 heavy (non-hydrogen) atoms. The third-order valence-corrected chi connectivity index (χ3v) is 8.03. The van der Waals surface area contributed by atoms with Crippen molar-refractivity contribution in [3.8, 4) is 11.4 Å². The Bertz CT molecular complexity index is 1360. The number of hydrogen-bond donors (Lipinski definition) is 0. The summed E-state index contributed by atoms with van der Waals surface area (Å²) in [6, 6.07) is 10.4. The van der Waals surface area contributed by atoms with Crippen LogP contribution in [-0.2, 0) is 20.9 Å². The monoisotopic (exact) mass is 522 g/mol. The number of carbonyl (C=O) groups excluding carboxylic acids is 1. The van der Waals surface area contributed by atoms with Crippen LogP contribution < -0.4 is 0 Å². The van der Waals surface area contributed by atoms with Crippen LogP contribution in [0.5, 0.6) is 0 Å². The van der Waals surface area contributed by atoms with E-state index in [4.69, 9.17) is 9.26 Å². The van der Waals surface area contributed by atoms with E-state index in [2.05, 4.69) is 10.1 Å². The Morgan fingerprint density at radius 3 is 2.39 bits per heavy atom. The van der Waals surface area contributed by atoms with E-state index in [0.717, 1.165) is 12.1 Å². The zero-order chi connectivity index (χ0) is 25.5. The lowest BCUT2D eigenvalue weighted by atomic mass is 9.98. The fourth-order valence-electron chi connectivity index (χ4n) is 4.04. The fraction of sp³-hybridized carbons (Fsp3) is 0.348. The first kappa shape index (κ1) is 24.4. The fourth-order valence-corrected chi connectivity index (χ4v) is 5.45. The summed E-state index contributed by atoms with van der Waals surface area (Å²) in [5, 5.41) is 3.79. The summed E-state index contributed by atoms with van der Waals surface area (Å²) in [4.78, 5) is 18.7. The molecule has 2 fully saturated rings. The number of aromatic nitrogens is 2. The molecule has 5 rings (SSSR count). The van der Waals surface area contributed by atoms with Gasteiger partial charge in [-0.1, -0.05) is 17.3 Å². The summed E-state index contributed by atoms with van der Waals surface area (Å²) in [6.07, 6.45) is -4.48. The predicted molar refractivity (Wildman–Crippen MR) is 119 cm³/mol. The minimum atomic E-state index is -4.48. The van der Waals surface area contributed by atoms with Crippen molar-refractivity contribution in [2.45, 2.75) is 17.0 Å². The molecule has 2 aromatic carbocycles. The molecular weight excluding hydrogens is 501 g/mol. The van der Waals surface area contributed by atoms with E-state index >= 15 is 0 Å². The average Bonchev–Trinajstić information content (AvgIpc) is 3.33. The van der Waals surface area contributed by atoms with Gasteiger partial charge in [0.25, 0.3) is 5.91 Å². The molecule has 13 heteroatoms. The summed E-state index contributed by atoms with van der Waals surface area (Å²) < 4.78 is 76.2. The molecule has 3 aromatic rings. The van der Waals surface area contributed by atoms with Crippen LogP contribution in [-0.4, -0.2) is 73.1 Å². The Kier molecular flexibility index (Phi) is 6.30. The second-order valence-corrected chi connectivity index (χ2v) is 10.4. The number of nitrogens with zero attached hydrogens (tertiary/aromatic N) is 4. The SMILES string of the molecule is O=C(c1ccc(S(=O)(=O)N2CCOCC2)cc1)N1CC(c2nc(-c3cccc(C(F)(F)F)c3)no2)C1. The van der Waals surface area contributed by atoms with E-state index in [9.17, 15) is 26.4 Å². The van der Waals surface area contributed by atoms with Gasteiger partial charge >= 0.3 is 6.18 Å². The molecule has 2 saturated heterocycles. The first-order valence-corrected chi connectivity index (χ1v) is 12.6. The van der Waals surface area contributed by atoms with E-state index in [1.165, 1.54) is 40.7 Å². The van der Waals surface area contributed by atoms with E-state index in [-0.39, 0.29) is 60.2 Å². The average molecular weight is 523 g/mol. The molecular formula is C23H21F3N4O5S. The molecule has 1 aromatic heterocycles. The third kappa shape index (κ3) is 4.73. The van der Waals surface area contributed by atoms with Crippen molar-refractivity contribution < 1.29 is 35.6 Å². The van der Waals surface area contributed by atoms with Gasteiger partial charge in [-0.3, -0.25) is 4.79 Å². The van der Waals surface area contributed by atoms with Gasteiger partial charge in [-0.15, -0.1) is 0 Å². The lowest BCUT2D eigenvalue weighted by Gasteiger charge is -2.37. The highest BCUT2D eigenvalue weighted by atomic mass is 32.2. The summed E-state index contributed by atoms with van der Waals surface area (Å²) in [5.74, 6) is -0.252. The van der Waals surface area contributed by atoms with Crippen molar-refractivity contribution >= 4 is 15.9 Å². The molecule has 3 heterocycles. The van der Waals surface area contributed by atoms with Gasteiger partial charge < -0.3 is 14.2 Å². The zero-order valence-corrected chi connectivity index (χ0v) is 19.6. The maximum absolute atomic E-state index is 13.0. The first-order chi connectivity index (χ1) is 17.1. The Morgan fingerprint density at radius 1 is 1.03 bits per heavy atom. The number of halogens is 3. The summed E-state index contributed by atoms with van der Waals surface area (Å²) in [7, 11) is -3.65. The zero-order valence-electron chi connectivity index (χ0n) is 18.8. The van der Waals surface area contributed by atoms with Gasteiger partial charge in [0, 0.05) is 37.3 Å². The molecule has 0 saturated carbocycles. The molecule has 0 unspecified atom stereocenters. The third-order valence-electron chi connectivity index (χ3n) is 6.12.